The van der Waals surface area contributed by atoms with Crippen molar-refractivity contribution in [3.05, 3.63) is 17.0 Å². The third kappa shape index (κ3) is 6.16. The van der Waals surface area contributed by atoms with E-state index >= 15 is 0 Å². The molecule has 0 bridgehead atoms. The van der Waals surface area contributed by atoms with E-state index in [-0.39, 0.29) is 35.9 Å². The molecule has 0 spiro atoms. The number of halogens is 1. The molecule has 2 heterocycles. The molecular formula is C17H30IN5O2. The Balaban J connectivity index is 0.00000312. The summed E-state index contributed by atoms with van der Waals surface area (Å²) in [6.45, 7) is 10.9. The first kappa shape index (κ1) is 21.7. The fourth-order valence-electron chi connectivity index (χ4n) is 2.98. The molecule has 1 aliphatic heterocycles. The molecule has 1 atom stereocenters. The molecule has 1 aliphatic rings. The predicted octanol–water partition coefficient (Wildman–Crippen LogP) is 2.02. The minimum absolute atomic E-state index is 0. The predicted molar refractivity (Wildman–Crippen MR) is 109 cm³/mol. The SMILES string of the molecule is CCNC(=NCCc1c(C)noc1C)NC1CCN(C(=O)CC)C1.I. The van der Waals surface area contributed by atoms with Gasteiger partial charge in [0.2, 0.25) is 5.91 Å². The average molecular weight is 463 g/mol. The molecule has 25 heavy (non-hydrogen) atoms. The van der Waals surface area contributed by atoms with Crippen molar-refractivity contribution in [2.75, 3.05) is 26.2 Å². The van der Waals surface area contributed by atoms with Gasteiger partial charge < -0.3 is 20.1 Å². The van der Waals surface area contributed by atoms with Gasteiger partial charge in [-0.2, -0.15) is 0 Å². The number of amides is 1. The summed E-state index contributed by atoms with van der Waals surface area (Å²) in [6, 6.07) is 0.261. The topological polar surface area (TPSA) is 82.8 Å². The van der Waals surface area contributed by atoms with Crippen LogP contribution in [-0.4, -0.2) is 54.1 Å². The van der Waals surface area contributed by atoms with Crippen molar-refractivity contribution in [1.82, 2.24) is 20.7 Å². The first-order chi connectivity index (χ1) is 11.5. The Labute approximate surface area is 167 Å². The van der Waals surface area contributed by atoms with Gasteiger partial charge in [-0.25, -0.2) is 0 Å². The highest BCUT2D eigenvalue weighted by atomic mass is 127. The Morgan fingerprint density at radius 1 is 1.40 bits per heavy atom. The molecule has 0 aliphatic carbocycles. The zero-order valence-corrected chi connectivity index (χ0v) is 17.9. The van der Waals surface area contributed by atoms with Gasteiger partial charge in [0.1, 0.15) is 5.76 Å². The molecule has 0 aromatic carbocycles. The van der Waals surface area contributed by atoms with Crippen LogP contribution in [0.15, 0.2) is 9.52 Å². The highest BCUT2D eigenvalue weighted by molar-refractivity contribution is 14.0. The number of carbonyl (C=O) groups is 1. The van der Waals surface area contributed by atoms with Crippen LogP contribution >= 0.6 is 24.0 Å². The summed E-state index contributed by atoms with van der Waals surface area (Å²) in [5, 5.41) is 10.7. The molecule has 1 aromatic heterocycles. The molecule has 0 radical (unpaired) electrons. The van der Waals surface area contributed by atoms with Gasteiger partial charge in [0.25, 0.3) is 0 Å². The minimum atomic E-state index is 0. The number of guanidine groups is 1. The van der Waals surface area contributed by atoms with E-state index in [1.807, 2.05) is 32.6 Å². The highest BCUT2D eigenvalue weighted by Gasteiger charge is 2.25. The van der Waals surface area contributed by atoms with Crippen molar-refractivity contribution in [3.63, 3.8) is 0 Å². The number of hydrogen-bond donors (Lipinski definition) is 2. The lowest BCUT2D eigenvalue weighted by Crippen LogP contribution is -2.45. The van der Waals surface area contributed by atoms with Crippen LogP contribution in [0.25, 0.3) is 0 Å². The lowest BCUT2D eigenvalue weighted by Gasteiger charge is -2.18. The molecule has 142 valence electrons. The van der Waals surface area contributed by atoms with Gasteiger partial charge in [-0.3, -0.25) is 9.79 Å². The second-order valence-corrected chi connectivity index (χ2v) is 6.14. The zero-order chi connectivity index (χ0) is 17.5. The van der Waals surface area contributed by atoms with Crippen LogP contribution < -0.4 is 10.6 Å². The molecule has 1 amide bonds. The minimum Gasteiger partial charge on any atom is -0.361 e. The number of nitrogens with one attached hydrogen (secondary N) is 2. The molecule has 2 rings (SSSR count). The van der Waals surface area contributed by atoms with Gasteiger partial charge in [0.05, 0.1) is 5.69 Å². The van der Waals surface area contributed by atoms with E-state index in [2.05, 4.69) is 20.8 Å². The lowest BCUT2D eigenvalue weighted by molar-refractivity contribution is -0.129. The zero-order valence-electron chi connectivity index (χ0n) is 15.6. The first-order valence-corrected chi connectivity index (χ1v) is 8.79. The number of likely N-dealkylation sites (tertiary alicyclic amines) is 1. The Kier molecular flexibility index (Phi) is 9.23. The van der Waals surface area contributed by atoms with Crippen LogP contribution in [0.2, 0.25) is 0 Å². The van der Waals surface area contributed by atoms with Crippen LogP contribution in [0, 0.1) is 13.8 Å². The summed E-state index contributed by atoms with van der Waals surface area (Å²) in [5.74, 6) is 1.89. The normalized spacial score (nSPS) is 17.4. The van der Waals surface area contributed by atoms with Gasteiger partial charge >= 0.3 is 0 Å². The van der Waals surface area contributed by atoms with Crippen LogP contribution in [0.5, 0.6) is 0 Å². The largest absolute Gasteiger partial charge is 0.361 e. The number of aryl methyl sites for hydroxylation is 2. The Hall–Kier alpha value is -1.32. The van der Waals surface area contributed by atoms with Crippen molar-refractivity contribution in [1.29, 1.82) is 0 Å². The number of aromatic nitrogens is 1. The van der Waals surface area contributed by atoms with Crippen LogP contribution in [0.3, 0.4) is 0 Å². The van der Waals surface area contributed by atoms with Gasteiger partial charge in [-0.05, 0) is 33.6 Å². The maximum absolute atomic E-state index is 11.8. The second-order valence-electron chi connectivity index (χ2n) is 6.14. The molecule has 2 N–H and O–H groups in total. The lowest BCUT2D eigenvalue weighted by atomic mass is 10.1. The quantitative estimate of drug-likeness (QED) is 0.383. The van der Waals surface area contributed by atoms with Crippen molar-refractivity contribution in [2.24, 2.45) is 4.99 Å². The average Bonchev–Trinajstić information content (AvgIpc) is 3.15. The molecular weight excluding hydrogens is 433 g/mol. The molecule has 1 unspecified atom stereocenters. The van der Waals surface area contributed by atoms with E-state index in [9.17, 15) is 4.79 Å². The smallest absolute Gasteiger partial charge is 0.222 e. The number of nitrogens with zero attached hydrogens (tertiary/aromatic N) is 3. The maximum Gasteiger partial charge on any atom is 0.222 e. The number of aliphatic imine (C=N–C) groups is 1. The molecule has 8 heteroatoms. The summed E-state index contributed by atoms with van der Waals surface area (Å²) in [6.07, 6.45) is 2.33. The van der Waals surface area contributed by atoms with Crippen molar-refractivity contribution in [3.8, 4) is 0 Å². The van der Waals surface area contributed by atoms with E-state index in [0.29, 0.717) is 13.0 Å². The first-order valence-electron chi connectivity index (χ1n) is 8.79. The van der Waals surface area contributed by atoms with E-state index in [1.54, 1.807) is 0 Å². The fraction of sp³-hybridized carbons (Fsp3) is 0.706. The van der Waals surface area contributed by atoms with Crippen molar-refractivity contribution < 1.29 is 9.32 Å². The maximum atomic E-state index is 11.8. The Morgan fingerprint density at radius 2 is 2.16 bits per heavy atom. The van der Waals surface area contributed by atoms with Crippen molar-refractivity contribution >= 4 is 35.8 Å². The van der Waals surface area contributed by atoms with Crippen molar-refractivity contribution in [2.45, 2.75) is 53.0 Å². The number of rotatable bonds is 6. The van der Waals surface area contributed by atoms with Crippen LogP contribution in [-0.2, 0) is 11.2 Å². The molecule has 1 aromatic rings. The monoisotopic (exact) mass is 463 g/mol. The summed E-state index contributed by atoms with van der Waals surface area (Å²) >= 11 is 0. The highest BCUT2D eigenvalue weighted by Crippen LogP contribution is 2.13. The van der Waals surface area contributed by atoms with Gasteiger partial charge in [0, 0.05) is 44.2 Å². The molecule has 7 nitrogen and oxygen atoms in total. The third-order valence-electron chi connectivity index (χ3n) is 4.34. The van der Waals surface area contributed by atoms with Gasteiger partial charge in [-0.15, -0.1) is 24.0 Å². The Morgan fingerprint density at radius 3 is 2.76 bits per heavy atom. The van der Waals surface area contributed by atoms with Crippen LogP contribution in [0.1, 0.15) is 43.7 Å². The Bertz CT molecular complexity index is 568. The third-order valence-corrected chi connectivity index (χ3v) is 4.34. The molecule has 0 saturated carbocycles. The van der Waals surface area contributed by atoms with Gasteiger partial charge in [0.15, 0.2) is 5.96 Å². The molecule has 1 fully saturated rings. The summed E-state index contributed by atoms with van der Waals surface area (Å²) in [4.78, 5) is 18.3. The van der Waals surface area contributed by atoms with E-state index in [1.165, 1.54) is 0 Å². The number of carbonyl (C=O) groups excluding carboxylic acids is 1. The number of hydrogen-bond acceptors (Lipinski definition) is 4. The second kappa shape index (κ2) is 10.6. The summed E-state index contributed by atoms with van der Waals surface area (Å²) in [5.41, 5.74) is 2.07. The van der Waals surface area contributed by atoms with Gasteiger partial charge in [-0.1, -0.05) is 12.1 Å². The van der Waals surface area contributed by atoms with E-state index < -0.39 is 0 Å². The van der Waals surface area contributed by atoms with E-state index in [4.69, 9.17) is 4.52 Å². The van der Waals surface area contributed by atoms with Crippen LogP contribution in [0.4, 0.5) is 0 Å². The fourth-order valence-corrected chi connectivity index (χ4v) is 2.98. The standard InChI is InChI=1S/C17H29N5O2.HI/c1-5-16(23)22-10-8-14(11-22)20-17(18-6-2)19-9-7-15-12(3)21-24-13(15)4;/h14H,5-11H2,1-4H3,(H2,18,19,20);1H. The summed E-state index contributed by atoms with van der Waals surface area (Å²) in [7, 11) is 0. The van der Waals surface area contributed by atoms with E-state index in [0.717, 1.165) is 55.5 Å². The summed E-state index contributed by atoms with van der Waals surface area (Å²) < 4.78 is 5.19. The molecule has 1 saturated heterocycles.